The highest BCUT2D eigenvalue weighted by molar-refractivity contribution is 6.15. The summed E-state index contributed by atoms with van der Waals surface area (Å²) in [5, 5.41) is 9.25. The van der Waals surface area contributed by atoms with Gasteiger partial charge in [-0.2, -0.15) is 0 Å². The number of hydrogen-bond donors (Lipinski definition) is 0. The maximum atomic E-state index is 6.44. The van der Waals surface area contributed by atoms with E-state index in [2.05, 4.69) is 167 Å². The van der Waals surface area contributed by atoms with Gasteiger partial charge in [-0.15, -0.1) is 0 Å². The molecule has 0 aliphatic rings. The van der Waals surface area contributed by atoms with E-state index in [-0.39, 0.29) is 0 Å². The van der Waals surface area contributed by atoms with Crippen LogP contribution in [-0.2, 0) is 0 Å². The van der Waals surface area contributed by atoms with Gasteiger partial charge in [0.25, 0.3) is 0 Å². The molecule has 0 aliphatic heterocycles. The van der Waals surface area contributed by atoms with Gasteiger partial charge in [-0.3, -0.25) is 4.57 Å². The molecule has 0 spiro atoms. The molecule has 5 heteroatoms. The molecule has 13 rings (SSSR count). The molecule has 0 bridgehead atoms. The Morgan fingerprint density at radius 1 is 0.345 bits per heavy atom. The minimum atomic E-state index is 0.865. The number of furan rings is 2. The Labute approximate surface area is 331 Å². The van der Waals surface area contributed by atoms with Crippen LogP contribution < -0.4 is 0 Å². The predicted octanol–water partition coefficient (Wildman–Crippen LogP) is 14.4. The first-order chi connectivity index (χ1) is 28.8. The van der Waals surface area contributed by atoms with Gasteiger partial charge < -0.3 is 13.4 Å². The van der Waals surface area contributed by atoms with Crippen LogP contribution in [0, 0.1) is 0 Å². The number of rotatable bonds is 4. The number of para-hydroxylation sites is 6. The lowest BCUT2D eigenvalue weighted by molar-refractivity contribution is 0.669. The zero-order chi connectivity index (χ0) is 37.9. The summed E-state index contributed by atoms with van der Waals surface area (Å²) < 4.78 is 17.5. The fraction of sp³-hybridized carbons (Fsp3) is 0. The van der Waals surface area contributed by atoms with Crippen molar-refractivity contribution < 1.29 is 8.83 Å². The molecule has 0 fully saturated rings. The normalized spacial score (nSPS) is 12.1. The van der Waals surface area contributed by atoms with Crippen molar-refractivity contribution in [1.29, 1.82) is 0 Å². The lowest BCUT2D eigenvalue weighted by atomic mass is 10.0. The smallest absolute Gasteiger partial charge is 0.143 e. The Morgan fingerprint density at radius 3 is 1.36 bits per heavy atom. The van der Waals surface area contributed by atoms with E-state index in [1.807, 2.05) is 30.5 Å². The van der Waals surface area contributed by atoms with Crippen LogP contribution in [0.3, 0.4) is 0 Å². The van der Waals surface area contributed by atoms with Crippen molar-refractivity contribution in [3.8, 4) is 33.8 Å². The van der Waals surface area contributed by atoms with Gasteiger partial charge in [-0.1, -0.05) is 121 Å². The summed E-state index contributed by atoms with van der Waals surface area (Å²) in [6, 6.07) is 64.4. The maximum Gasteiger partial charge on any atom is 0.143 e. The molecule has 0 atom stereocenters. The zero-order valence-electron chi connectivity index (χ0n) is 31.1. The van der Waals surface area contributed by atoms with Crippen molar-refractivity contribution in [2.75, 3.05) is 0 Å². The van der Waals surface area contributed by atoms with Gasteiger partial charge in [0.05, 0.1) is 34.0 Å². The second-order valence-electron chi connectivity index (χ2n) is 15.1. The van der Waals surface area contributed by atoms with Gasteiger partial charge in [-0.05, 0) is 71.8 Å². The predicted molar refractivity (Wildman–Crippen MR) is 238 cm³/mol. The molecular formula is C53H31N3O2. The number of pyridine rings is 1. The van der Waals surface area contributed by atoms with E-state index >= 15 is 0 Å². The van der Waals surface area contributed by atoms with Crippen LogP contribution in [0.15, 0.2) is 197 Å². The number of hydrogen-bond acceptors (Lipinski definition) is 3. The molecule has 0 radical (unpaired) electrons. The molecule has 5 heterocycles. The molecule has 5 nitrogen and oxygen atoms in total. The first-order valence-electron chi connectivity index (χ1n) is 19.6. The van der Waals surface area contributed by atoms with Crippen molar-refractivity contribution in [2.45, 2.75) is 0 Å². The van der Waals surface area contributed by atoms with Gasteiger partial charge in [0.2, 0.25) is 0 Å². The average molecular weight is 742 g/mol. The molecule has 0 saturated carbocycles. The van der Waals surface area contributed by atoms with Crippen LogP contribution in [0.4, 0.5) is 0 Å². The highest BCUT2D eigenvalue weighted by Crippen LogP contribution is 2.41. The van der Waals surface area contributed by atoms with Crippen LogP contribution >= 0.6 is 0 Å². The maximum absolute atomic E-state index is 6.44. The molecule has 0 aliphatic carbocycles. The quantitative estimate of drug-likeness (QED) is 0.180. The van der Waals surface area contributed by atoms with Crippen LogP contribution in [0.25, 0.3) is 121 Å². The highest BCUT2D eigenvalue weighted by atomic mass is 16.3. The summed E-state index contributed by atoms with van der Waals surface area (Å²) >= 11 is 0. The first-order valence-corrected chi connectivity index (χ1v) is 19.6. The number of nitrogens with zero attached hydrogens (tertiary/aromatic N) is 3. The van der Waals surface area contributed by atoms with Gasteiger partial charge >= 0.3 is 0 Å². The van der Waals surface area contributed by atoms with E-state index in [0.717, 1.165) is 99.7 Å². The minimum Gasteiger partial charge on any atom is -0.455 e. The summed E-state index contributed by atoms with van der Waals surface area (Å²) in [5.74, 6) is 0.865. The lowest BCUT2D eigenvalue weighted by Crippen LogP contribution is -2.00. The van der Waals surface area contributed by atoms with Crippen molar-refractivity contribution in [3.05, 3.63) is 188 Å². The Balaban J connectivity index is 0.934. The minimum absolute atomic E-state index is 0.865. The monoisotopic (exact) mass is 741 g/mol. The Kier molecular flexibility index (Phi) is 6.38. The summed E-state index contributed by atoms with van der Waals surface area (Å²) in [6.45, 7) is 0. The summed E-state index contributed by atoms with van der Waals surface area (Å²) in [6.07, 6.45) is 2.00. The standard InChI is InChI=1S/C53H31N3O2/c1-5-19-45-37(11-1)43-29-32(35-15-9-17-41-39-13-3-7-21-49(39)57-52(35)41)23-26-47(43)55(45)34-25-28-51(54-31-34)56-46-20-6-2-12-38(46)44-30-33(24-27-48(44)56)36-16-10-18-42-40-14-4-8-22-50(40)58-53(36)42/h1-31H. The fourth-order valence-electron chi connectivity index (χ4n) is 9.40. The molecular weight excluding hydrogens is 711 g/mol. The molecule has 0 amide bonds. The van der Waals surface area contributed by atoms with Gasteiger partial charge in [0.1, 0.15) is 28.1 Å². The Bertz CT molecular complexity index is 3550. The molecule has 5 aromatic heterocycles. The largest absolute Gasteiger partial charge is 0.455 e. The van der Waals surface area contributed by atoms with Gasteiger partial charge in [0, 0.05) is 54.2 Å². The van der Waals surface area contributed by atoms with Crippen molar-refractivity contribution in [3.63, 3.8) is 0 Å². The summed E-state index contributed by atoms with van der Waals surface area (Å²) in [5.41, 5.74) is 13.5. The van der Waals surface area contributed by atoms with E-state index in [1.54, 1.807) is 0 Å². The topological polar surface area (TPSA) is 49.0 Å². The van der Waals surface area contributed by atoms with E-state index in [1.165, 1.54) is 21.5 Å². The molecule has 13 aromatic rings. The van der Waals surface area contributed by atoms with E-state index in [4.69, 9.17) is 13.8 Å². The second kappa shape index (κ2) is 11.8. The molecule has 0 unspecified atom stereocenters. The summed E-state index contributed by atoms with van der Waals surface area (Å²) in [7, 11) is 0. The number of fused-ring (bicyclic) bond motifs is 12. The fourth-order valence-corrected chi connectivity index (χ4v) is 9.40. The van der Waals surface area contributed by atoms with E-state index in [0.29, 0.717) is 0 Å². The SMILES string of the molecule is c1ccc2c(c1)oc1c(-c3ccc4c(c3)c3ccccc3n4-c3ccc(-n4c5ccccc5c5cc(-c6cccc7c6oc6ccccc67)ccc54)nc3)cccc12. The van der Waals surface area contributed by atoms with Gasteiger partial charge in [-0.25, -0.2) is 4.98 Å². The molecule has 0 N–H and O–H groups in total. The van der Waals surface area contributed by atoms with Crippen LogP contribution in [0.5, 0.6) is 0 Å². The lowest BCUT2D eigenvalue weighted by Gasteiger charge is -2.11. The second-order valence-corrected chi connectivity index (χ2v) is 15.1. The number of benzene rings is 8. The molecule has 270 valence electrons. The third-order valence-electron chi connectivity index (χ3n) is 12.0. The average Bonchev–Trinajstić information content (AvgIpc) is 4.04. The highest BCUT2D eigenvalue weighted by Gasteiger charge is 2.19. The van der Waals surface area contributed by atoms with Crippen molar-refractivity contribution in [2.24, 2.45) is 0 Å². The molecule has 8 aromatic carbocycles. The van der Waals surface area contributed by atoms with Crippen LogP contribution in [0.1, 0.15) is 0 Å². The van der Waals surface area contributed by atoms with E-state index < -0.39 is 0 Å². The third kappa shape index (κ3) is 4.38. The molecule has 58 heavy (non-hydrogen) atoms. The first kappa shape index (κ1) is 31.3. The third-order valence-corrected chi connectivity index (χ3v) is 12.0. The van der Waals surface area contributed by atoms with Crippen LogP contribution in [-0.4, -0.2) is 14.1 Å². The summed E-state index contributed by atoms with van der Waals surface area (Å²) in [4.78, 5) is 5.17. The Hall–Kier alpha value is -7.89. The molecule has 0 saturated heterocycles. The zero-order valence-corrected chi connectivity index (χ0v) is 31.1. The number of aromatic nitrogens is 3. The Morgan fingerprint density at radius 2 is 0.810 bits per heavy atom. The van der Waals surface area contributed by atoms with Crippen molar-refractivity contribution in [1.82, 2.24) is 14.1 Å². The van der Waals surface area contributed by atoms with Gasteiger partial charge in [0.15, 0.2) is 0 Å². The van der Waals surface area contributed by atoms with E-state index in [9.17, 15) is 0 Å². The van der Waals surface area contributed by atoms with Crippen molar-refractivity contribution >= 4 is 87.5 Å². The van der Waals surface area contributed by atoms with Crippen LogP contribution in [0.2, 0.25) is 0 Å².